The number of hydrogen-bond acceptors (Lipinski definition) is 4. The first-order valence-electron chi connectivity index (χ1n) is 9.02. The maximum absolute atomic E-state index is 12.9. The van der Waals surface area contributed by atoms with Gasteiger partial charge in [0.25, 0.3) is 0 Å². The summed E-state index contributed by atoms with van der Waals surface area (Å²) in [4.78, 5) is 33.5. The van der Waals surface area contributed by atoms with E-state index < -0.39 is 23.6 Å². The van der Waals surface area contributed by atoms with Crippen LogP contribution in [0, 0.1) is 0 Å². The molecule has 2 N–H and O–H groups in total. The molecule has 2 aromatic carbocycles. The van der Waals surface area contributed by atoms with Gasteiger partial charge in [0.15, 0.2) is 0 Å². The lowest BCUT2D eigenvalue weighted by molar-refractivity contribution is -0.137. The first kappa shape index (κ1) is 22.2. The number of nitrogens with zero attached hydrogens (tertiary/aromatic N) is 3. The number of rotatable bonds is 6. The number of benzene rings is 2. The van der Waals surface area contributed by atoms with Gasteiger partial charge < -0.3 is 5.73 Å². The minimum absolute atomic E-state index is 0.0632. The zero-order valence-electron chi connectivity index (χ0n) is 15.9. The second kappa shape index (κ2) is 9.13. The van der Waals surface area contributed by atoms with E-state index in [1.807, 2.05) is 0 Å². The fourth-order valence-corrected chi connectivity index (χ4v) is 2.97. The van der Waals surface area contributed by atoms with Crippen LogP contribution in [0.5, 0.6) is 0 Å². The zero-order valence-corrected chi connectivity index (χ0v) is 16.7. The van der Waals surface area contributed by atoms with E-state index in [1.165, 1.54) is 6.20 Å². The number of aromatic nitrogens is 2. The number of alkyl halides is 3. The van der Waals surface area contributed by atoms with Crippen molar-refractivity contribution in [3.63, 3.8) is 0 Å². The monoisotopic (exact) mass is 448 g/mol. The Labute approximate surface area is 180 Å². The summed E-state index contributed by atoms with van der Waals surface area (Å²) < 4.78 is 38.8. The van der Waals surface area contributed by atoms with Crippen molar-refractivity contribution in [3.8, 4) is 11.3 Å². The Morgan fingerprint density at radius 3 is 2.35 bits per heavy atom. The standard InChI is InChI=1S/C21H16ClF3N4O2/c22-15-3-1-2-13(12-15)17-10-11-27-20(28-17)29(19(31)9-8-18(26)30)16-6-4-14(5-7-16)21(23,24)25/h1-7,10-12H,8-9H2,(H2,26,30). The number of halogens is 4. The average molecular weight is 449 g/mol. The van der Waals surface area contributed by atoms with Crippen molar-refractivity contribution in [3.05, 3.63) is 71.4 Å². The Bertz CT molecular complexity index is 1100. The molecular weight excluding hydrogens is 433 g/mol. The predicted octanol–water partition coefficient (Wildman–Crippen LogP) is 4.75. The SMILES string of the molecule is NC(=O)CCC(=O)N(c1ccc(C(F)(F)F)cc1)c1nccc(-c2cccc(Cl)c2)n1. The molecule has 3 aromatic rings. The van der Waals surface area contributed by atoms with Crippen LogP contribution in [-0.4, -0.2) is 21.8 Å². The smallest absolute Gasteiger partial charge is 0.370 e. The normalized spacial score (nSPS) is 11.2. The highest BCUT2D eigenvalue weighted by Gasteiger charge is 2.31. The lowest BCUT2D eigenvalue weighted by Crippen LogP contribution is -2.29. The van der Waals surface area contributed by atoms with E-state index in [0.717, 1.165) is 29.2 Å². The summed E-state index contributed by atoms with van der Waals surface area (Å²) in [6.45, 7) is 0. The van der Waals surface area contributed by atoms with Crippen LogP contribution in [-0.2, 0) is 15.8 Å². The van der Waals surface area contributed by atoms with Gasteiger partial charge in [-0.2, -0.15) is 13.2 Å². The van der Waals surface area contributed by atoms with Crippen molar-refractivity contribution in [2.24, 2.45) is 5.73 Å². The largest absolute Gasteiger partial charge is 0.416 e. The van der Waals surface area contributed by atoms with Crippen LogP contribution in [0.15, 0.2) is 60.8 Å². The fraction of sp³-hybridized carbons (Fsp3) is 0.143. The number of carbonyl (C=O) groups excluding carboxylic acids is 2. The molecule has 160 valence electrons. The van der Waals surface area contributed by atoms with Crippen LogP contribution >= 0.6 is 11.6 Å². The predicted molar refractivity (Wildman–Crippen MR) is 109 cm³/mol. The lowest BCUT2D eigenvalue weighted by atomic mass is 10.1. The van der Waals surface area contributed by atoms with Crippen molar-refractivity contribution in [2.75, 3.05) is 4.90 Å². The third-order valence-electron chi connectivity index (χ3n) is 4.25. The van der Waals surface area contributed by atoms with E-state index in [1.54, 1.807) is 30.3 Å². The molecule has 2 amide bonds. The molecule has 0 unspecified atom stereocenters. The number of anilines is 2. The summed E-state index contributed by atoms with van der Waals surface area (Å²) in [5, 5.41) is 0.481. The minimum Gasteiger partial charge on any atom is -0.370 e. The number of carbonyl (C=O) groups is 2. The van der Waals surface area contributed by atoms with Crippen molar-refractivity contribution in [1.29, 1.82) is 0 Å². The summed E-state index contributed by atoms with van der Waals surface area (Å²) in [6.07, 6.45) is -3.61. The van der Waals surface area contributed by atoms with Gasteiger partial charge in [0.2, 0.25) is 17.8 Å². The van der Waals surface area contributed by atoms with Crippen LogP contribution < -0.4 is 10.6 Å². The van der Waals surface area contributed by atoms with Gasteiger partial charge in [0, 0.05) is 29.6 Å². The van der Waals surface area contributed by atoms with Gasteiger partial charge in [-0.15, -0.1) is 0 Å². The molecule has 0 radical (unpaired) electrons. The Morgan fingerprint density at radius 1 is 1.03 bits per heavy atom. The van der Waals surface area contributed by atoms with Gasteiger partial charge in [-0.05, 0) is 42.5 Å². The molecule has 0 aliphatic carbocycles. The van der Waals surface area contributed by atoms with Gasteiger partial charge in [0.05, 0.1) is 16.9 Å². The first-order valence-corrected chi connectivity index (χ1v) is 9.40. The zero-order chi connectivity index (χ0) is 22.6. The molecule has 0 aliphatic rings. The Balaban J connectivity index is 2.03. The van der Waals surface area contributed by atoms with Crippen LogP contribution in [0.3, 0.4) is 0 Å². The van der Waals surface area contributed by atoms with Crippen LogP contribution in [0.1, 0.15) is 18.4 Å². The molecule has 1 heterocycles. The van der Waals surface area contributed by atoms with Gasteiger partial charge in [-0.25, -0.2) is 14.9 Å². The van der Waals surface area contributed by atoms with Crippen molar-refractivity contribution in [2.45, 2.75) is 19.0 Å². The molecule has 0 atom stereocenters. The van der Waals surface area contributed by atoms with Crippen LogP contribution in [0.4, 0.5) is 24.8 Å². The minimum atomic E-state index is -4.53. The molecule has 6 nitrogen and oxygen atoms in total. The maximum Gasteiger partial charge on any atom is 0.416 e. The van der Waals surface area contributed by atoms with Crippen molar-refractivity contribution in [1.82, 2.24) is 9.97 Å². The average Bonchev–Trinajstić information content (AvgIpc) is 2.72. The Kier molecular flexibility index (Phi) is 6.55. The third kappa shape index (κ3) is 5.58. The Morgan fingerprint density at radius 2 is 1.74 bits per heavy atom. The van der Waals surface area contributed by atoms with Crippen LogP contribution in [0.25, 0.3) is 11.3 Å². The molecule has 0 spiro atoms. The highest BCUT2D eigenvalue weighted by atomic mass is 35.5. The number of nitrogens with two attached hydrogens (primary N) is 1. The number of amides is 2. The molecule has 0 saturated heterocycles. The first-order chi connectivity index (χ1) is 14.6. The second-order valence-corrected chi connectivity index (χ2v) is 6.93. The third-order valence-corrected chi connectivity index (χ3v) is 4.49. The van der Waals surface area contributed by atoms with E-state index in [0.29, 0.717) is 16.3 Å². The van der Waals surface area contributed by atoms with E-state index >= 15 is 0 Å². The van der Waals surface area contributed by atoms with Crippen molar-refractivity contribution < 1.29 is 22.8 Å². The summed E-state index contributed by atoms with van der Waals surface area (Å²) >= 11 is 6.02. The summed E-state index contributed by atoms with van der Waals surface area (Å²) in [7, 11) is 0. The second-order valence-electron chi connectivity index (χ2n) is 6.49. The van der Waals surface area contributed by atoms with E-state index in [9.17, 15) is 22.8 Å². The van der Waals surface area contributed by atoms with E-state index in [-0.39, 0.29) is 24.5 Å². The maximum atomic E-state index is 12.9. The Hall–Kier alpha value is -3.46. The van der Waals surface area contributed by atoms with E-state index in [4.69, 9.17) is 17.3 Å². The summed E-state index contributed by atoms with van der Waals surface area (Å²) in [5.74, 6) is -1.34. The quantitative estimate of drug-likeness (QED) is 0.589. The summed E-state index contributed by atoms with van der Waals surface area (Å²) in [5.41, 5.74) is 5.48. The topological polar surface area (TPSA) is 89.2 Å². The molecule has 0 bridgehead atoms. The highest BCUT2D eigenvalue weighted by molar-refractivity contribution is 6.30. The van der Waals surface area contributed by atoms with Gasteiger partial charge in [-0.3, -0.25) is 9.59 Å². The molecule has 10 heteroatoms. The van der Waals surface area contributed by atoms with Gasteiger partial charge in [0.1, 0.15) is 0 Å². The summed E-state index contributed by atoms with van der Waals surface area (Å²) in [6, 6.07) is 12.4. The van der Waals surface area contributed by atoms with Gasteiger partial charge in [-0.1, -0.05) is 23.7 Å². The molecule has 1 aromatic heterocycles. The molecule has 0 aliphatic heterocycles. The lowest BCUT2D eigenvalue weighted by Gasteiger charge is -2.21. The molecule has 0 saturated carbocycles. The fourth-order valence-electron chi connectivity index (χ4n) is 2.78. The molecule has 31 heavy (non-hydrogen) atoms. The van der Waals surface area contributed by atoms with Gasteiger partial charge >= 0.3 is 6.18 Å². The number of primary amides is 1. The van der Waals surface area contributed by atoms with E-state index in [2.05, 4.69) is 9.97 Å². The molecule has 0 fully saturated rings. The van der Waals surface area contributed by atoms with Crippen molar-refractivity contribution >= 4 is 35.1 Å². The molecular formula is C21H16ClF3N4O2. The van der Waals surface area contributed by atoms with Crippen LogP contribution in [0.2, 0.25) is 5.02 Å². The highest BCUT2D eigenvalue weighted by Crippen LogP contribution is 2.32. The number of hydrogen-bond donors (Lipinski definition) is 1. The molecule has 3 rings (SSSR count).